The van der Waals surface area contributed by atoms with Crippen LogP contribution in [0.15, 0.2) is 48.5 Å². The van der Waals surface area contributed by atoms with Crippen LogP contribution < -0.4 is 10.6 Å². The fraction of sp³-hybridized carbons (Fsp3) is 0.333. The number of benzene rings is 2. The molecule has 2 aromatic carbocycles. The molecule has 2 N–H and O–H groups in total. The third-order valence-corrected chi connectivity index (χ3v) is 5.59. The molecule has 1 aliphatic rings. The molecular formula is C21H23ClN2O3S. The van der Waals surface area contributed by atoms with Gasteiger partial charge >= 0.3 is 0 Å². The number of para-hydroxylation sites is 1. The van der Waals surface area contributed by atoms with Gasteiger partial charge in [-0.3, -0.25) is 9.59 Å². The number of carbonyl (C=O) groups is 2. The molecule has 5 nitrogen and oxygen atoms in total. The first kappa shape index (κ1) is 20.7. The maximum absolute atomic E-state index is 12.5. The van der Waals surface area contributed by atoms with Crippen molar-refractivity contribution in [2.24, 2.45) is 0 Å². The van der Waals surface area contributed by atoms with Crippen LogP contribution >= 0.6 is 23.4 Å². The molecule has 3 rings (SSSR count). The second kappa shape index (κ2) is 10.5. The Morgan fingerprint density at radius 1 is 1.18 bits per heavy atom. The van der Waals surface area contributed by atoms with Crippen molar-refractivity contribution in [3.05, 3.63) is 64.7 Å². The fourth-order valence-electron chi connectivity index (χ4n) is 2.97. The summed E-state index contributed by atoms with van der Waals surface area (Å²) in [5.74, 6) is 0.625. The monoisotopic (exact) mass is 418 g/mol. The van der Waals surface area contributed by atoms with Gasteiger partial charge in [0.05, 0.1) is 23.1 Å². The number of nitrogens with one attached hydrogen (secondary N) is 2. The average Bonchev–Trinajstić information content (AvgIpc) is 3.20. The van der Waals surface area contributed by atoms with Crippen LogP contribution in [-0.2, 0) is 15.3 Å². The molecule has 148 valence electrons. The predicted octanol–water partition coefficient (Wildman–Crippen LogP) is 4.12. The van der Waals surface area contributed by atoms with Gasteiger partial charge in [0.1, 0.15) is 0 Å². The normalized spacial score (nSPS) is 16.0. The Kier molecular flexibility index (Phi) is 7.77. The standard InChI is InChI=1S/C21H23ClN2O3S/c22-16-6-3-5-15(11-16)13-28-14-20(25)24-19-9-2-1-8-18(19)21(26)23-12-17-7-4-10-27-17/h1-3,5-6,8-9,11,17H,4,7,10,12-14H2,(H,23,26)(H,24,25)/t17-/m1/s1. The number of halogens is 1. The van der Waals surface area contributed by atoms with E-state index in [1.54, 1.807) is 24.3 Å². The zero-order chi connectivity index (χ0) is 19.8. The van der Waals surface area contributed by atoms with E-state index in [-0.39, 0.29) is 17.9 Å². The Morgan fingerprint density at radius 3 is 2.82 bits per heavy atom. The molecule has 1 atom stereocenters. The van der Waals surface area contributed by atoms with Gasteiger partial charge in [-0.25, -0.2) is 0 Å². The van der Waals surface area contributed by atoms with E-state index in [0.29, 0.717) is 34.3 Å². The molecule has 1 heterocycles. The first-order chi connectivity index (χ1) is 13.6. The van der Waals surface area contributed by atoms with Crippen LogP contribution in [-0.4, -0.2) is 36.8 Å². The van der Waals surface area contributed by atoms with Gasteiger partial charge in [0, 0.05) is 23.9 Å². The predicted molar refractivity (Wildman–Crippen MR) is 114 cm³/mol. The summed E-state index contributed by atoms with van der Waals surface area (Å²) in [5, 5.41) is 6.42. The quantitative estimate of drug-likeness (QED) is 0.676. The summed E-state index contributed by atoms with van der Waals surface area (Å²) in [4.78, 5) is 24.8. The first-order valence-electron chi connectivity index (χ1n) is 9.22. The van der Waals surface area contributed by atoms with E-state index in [2.05, 4.69) is 10.6 Å². The van der Waals surface area contributed by atoms with E-state index < -0.39 is 0 Å². The lowest BCUT2D eigenvalue weighted by molar-refractivity contribution is -0.113. The van der Waals surface area contributed by atoms with Crippen molar-refractivity contribution < 1.29 is 14.3 Å². The minimum Gasteiger partial charge on any atom is -0.376 e. The highest BCUT2D eigenvalue weighted by Crippen LogP contribution is 2.19. The van der Waals surface area contributed by atoms with Crippen LogP contribution in [0, 0.1) is 0 Å². The van der Waals surface area contributed by atoms with Crippen molar-refractivity contribution in [2.45, 2.75) is 24.7 Å². The number of anilines is 1. The Morgan fingerprint density at radius 2 is 2.04 bits per heavy atom. The van der Waals surface area contributed by atoms with Crippen molar-refractivity contribution >= 4 is 40.9 Å². The van der Waals surface area contributed by atoms with Crippen molar-refractivity contribution in [3.8, 4) is 0 Å². The Labute approximate surface area is 174 Å². The van der Waals surface area contributed by atoms with Crippen molar-refractivity contribution in [2.75, 3.05) is 24.2 Å². The molecule has 0 bridgehead atoms. The zero-order valence-electron chi connectivity index (χ0n) is 15.4. The smallest absolute Gasteiger partial charge is 0.253 e. The third-order valence-electron chi connectivity index (χ3n) is 4.35. The SMILES string of the molecule is O=C(CSCc1cccc(Cl)c1)Nc1ccccc1C(=O)NC[C@H]1CCCO1. The molecule has 0 aromatic heterocycles. The van der Waals surface area contributed by atoms with E-state index in [4.69, 9.17) is 16.3 Å². The maximum Gasteiger partial charge on any atom is 0.253 e. The Hall–Kier alpha value is -2.02. The van der Waals surface area contributed by atoms with Crippen LogP contribution in [0.4, 0.5) is 5.69 Å². The maximum atomic E-state index is 12.5. The molecule has 1 saturated heterocycles. The number of hydrogen-bond acceptors (Lipinski definition) is 4. The lowest BCUT2D eigenvalue weighted by atomic mass is 10.1. The molecule has 0 aliphatic carbocycles. The second-order valence-corrected chi connectivity index (χ2v) is 7.98. The molecule has 0 saturated carbocycles. The highest BCUT2D eigenvalue weighted by molar-refractivity contribution is 7.99. The number of carbonyl (C=O) groups excluding carboxylic acids is 2. The minimum absolute atomic E-state index is 0.0774. The molecule has 1 aliphatic heterocycles. The van der Waals surface area contributed by atoms with E-state index in [1.165, 1.54) is 11.8 Å². The number of hydrogen-bond donors (Lipinski definition) is 2. The molecule has 0 spiro atoms. The summed E-state index contributed by atoms with van der Waals surface area (Å²) in [5.41, 5.74) is 2.04. The highest BCUT2D eigenvalue weighted by Gasteiger charge is 2.18. The minimum atomic E-state index is -0.210. The van der Waals surface area contributed by atoms with Gasteiger partial charge in [-0.2, -0.15) is 0 Å². The third kappa shape index (κ3) is 6.26. The highest BCUT2D eigenvalue weighted by atomic mass is 35.5. The van der Waals surface area contributed by atoms with Gasteiger partial charge in [-0.05, 0) is 42.7 Å². The van der Waals surface area contributed by atoms with Gasteiger partial charge in [-0.15, -0.1) is 11.8 Å². The summed E-state index contributed by atoms with van der Waals surface area (Å²) in [7, 11) is 0. The Bertz CT molecular complexity index is 825. The molecule has 0 unspecified atom stereocenters. The number of amides is 2. The van der Waals surface area contributed by atoms with Gasteiger partial charge in [-0.1, -0.05) is 35.9 Å². The molecule has 2 amide bonds. The molecule has 7 heteroatoms. The number of rotatable bonds is 8. The van der Waals surface area contributed by atoms with Crippen molar-refractivity contribution in [1.29, 1.82) is 0 Å². The van der Waals surface area contributed by atoms with Gasteiger partial charge in [0.15, 0.2) is 0 Å². The fourth-order valence-corrected chi connectivity index (χ4v) is 3.96. The molecule has 28 heavy (non-hydrogen) atoms. The molecule has 1 fully saturated rings. The van der Waals surface area contributed by atoms with Crippen LogP contribution in [0.2, 0.25) is 5.02 Å². The van der Waals surface area contributed by atoms with Crippen LogP contribution in [0.1, 0.15) is 28.8 Å². The summed E-state index contributed by atoms with van der Waals surface area (Å²) >= 11 is 7.47. The van der Waals surface area contributed by atoms with Gasteiger partial charge < -0.3 is 15.4 Å². The second-order valence-electron chi connectivity index (χ2n) is 6.56. The van der Waals surface area contributed by atoms with Crippen LogP contribution in [0.25, 0.3) is 0 Å². The van der Waals surface area contributed by atoms with E-state index in [9.17, 15) is 9.59 Å². The largest absolute Gasteiger partial charge is 0.376 e. The summed E-state index contributed by atoms with van der Waals surface area (Å²) < 4.78 is 5.53. The van der Waals surface area contributed by atoms with Crippen molar-refractivity contribution in [1.82, 2.24) is 5.32 Å². The first-order valence-corrected chi connectivity index (χ1v) is 10.8. The van der Waals surface area contributed by atoms with E-state index >= 15 is 0 Å². The summed E-state index contributed by atoms with van der Waals surface area (Å²) in [6.07, 6.45) is 2.07. The van der Waals surface area contributed by atoms with Gasteiger partial charge in [0.2, 0.25) is 5.91 Å². The Balaban J connectivity index is 1.50. The molecular weight excluding hydrogens is 396 g/mol. The summed E-state index contributed by atoms with van der Waals surface area (Å²) in [6.45, 7) is 1.23. The molecule has 2 aromatic rings. The zero-order valence-corrected chi connectivity index (χ0v) is 17.0. The average molecular weight is 419 g/mol. The topological polar surface area (TPSA) is 67.4 Å². The lowest BCUT2D eigenvalue weighted by Crippen LogP contribution is -2.32. The van der Waals surface area contributed by atoms with Crippen LogP contribution in [0.3, 0.4) is 0 Å². The van der Waals surface area contributed by atoms with Crippen molar-refractivity contribution in [3.63, 3.8) is 0 Å². The van der Waals surface area contributed by atoms with Gasteiger partial charge in [0.25, 0.3) is 5.91 Å². The number of thioether (sulfide) groups is 1. The van der Waals surface area contributed by atoms with E-state index in [1.807, 2.05) is 24.3 Å². The summed E-state index contributed by atoms with van der Waals surface area (Å²) in [6, 6.07) is 14.6. The molecule has 0 radical (unpaired) electrons. The lowest BCUT2D eigenvalue weighted by Gasteiger charge is -2.13. The number of ether oxygens (including phenoxy) is 1. The van der Waals surface area contributed by atoms with E-state index in [0.717, 1.165) is 25.0 Å². The van der Waals surface area contributed by atoms with Crippen LogP contribution in [0.5, 0.6) is 0 Å².